The van der Waals surface area contributed by atoms with Crippen molar-refractivity contribution < 1.29 is 0 Å². The molecule has 3 heteroatoms. The fourth-order valence-corrected chi connectivity index (χ4v) is 5.80. The first kappa shape index (κ1) is 16.6. The zero-order chi connectivity index (χ0) is 17.2. The second-order valence-corrected chi connectivity index (χ2v) is 8.88. The fourth-order valence-electron chi connectivity index (χ4n) is 2.91. The summed E-state index contributed by atoms with van der Waals surface area (Å²) < 4.78 is 1.35. The predicted octanol–water partition coefficient (Wildman–Crippen LogP) is 8.04. The molecule has 124 valence electrons. The van der Waals surface area contributed by atoms with Gasteiger partial charge in [-0.15, -0.1) is 34.4 Å². The number of allylic oxidation sites excluding steroid dienone is 1. The van der Waals surface area contributed by atoms with E-state index >= 15 is 0 Å². The third-order valence-electron chi connectivity index (χ3n) is 4.10. The first-order valence-electron chi connectivity index (χ1n) is 8.18. The molecular weight excluding hydrogens is 360 g/mol. The van der Waals surface area contributed by atoms with E-state index in [0.29, 0.717) is 0 Å². The van der Waals surface area contributed by atoms with Gasteiger partial charge in [-0.3, -0.25) is 0 Å². The van der Waals surface area contributed by atoms with Crippen LogP contribution >= 0.6 is 34.4 Å². The molecule has 0 saturated carbocycles. The first-order chi connectivity index (χ1) is 12.3. The van der Waals surface area contributed by atoms with E-state index in [2.05, 4.69) is 86.0 Å². The van der Waals surface area contributed by atoms with E-state index in [1.807, 2.05) is 34.4 Å². The largest absolute Gasteiger partial charge is 0.136 e. The Kier molecular flexibility index (Phi) is 4.80. The number of hydrogen-bond donors (Lipinski definition) is 0. The summed E-state index contributed by atoms with van der Waals surface area (Å²) in [6, 6.07) is 17.7. The lowest BCUT2D eigenvalue weighted by atomic mass is 10.1. The van der Waals surface area contributed by atoms with Crippen molar-refractivity contribution in [1.29, 1.82) is 0 Å². The number of fused-ring (bicyclic) bond motifs is 2. The summed E-state index contributed by atoms with van der Waals surface area (Å²) in [4.78, 5) is 5.31. The summed E-state index contributed by atoms with van der Waals surface area (Å²) in [5.74, 6) is 0. The lowest BCUT2D eigenvalue weighted by Gasteiger charge is -1.96. The molecule has 4 aromatic rings. The van der Waals surface area contributed by atoms with E-state index in [-0.39, 0.29) is 0 Å². The average Bonchev–Trinajstić information content (AvgIpc) is 3.21. The van der Waals surface area contributed by atoms with Gasteiger partial charge in [0.25, 0.3) is 0 Å². The van der Waals surface area contributed by atoms with Gasteiger partial charge >= 0.3 is 0 Å². The van der Waals surface area contributed by atoms with Crippen molar-refractivity contribution in [3.05, 3.63) is 69.2 Å². The maximum absolute atomic E-state index is 2.30. The van der Waals surface area contributed by atoms with Crippen LogP contribution in [-0.4, -0.2) is 6.26 Å². The Hall–Kier alpha value is -1.81. The molecule has 2 aromatic carbocycles. The molecule has 0 atom stereocenters. The van der Waals surface area contributed by atoms with E-state index in [9.17, 15) is 0 Å². The third-order valence-corrected chi connectivity index (χ3v) is 7.13. The van der Waals surface area contributed by atoms with Gasteiger partial charge in [-0.2, -0.15) is 0 Å². The van der Waals surface area contributed by atoms with E-state index in [1.54, 1.807) is 0 Å². The van der Waals surface area contributed by atoms with Gasteiger partial charge in [-0.1, -0.05) is 30.3 Å². The Morgan fingerprint density at radius 2 is 1.52 bits per heavy atom. The van der Waals surface area contributed by atoms with Crippen molar-refractivity contribution in [2.45, 2.75) is 11.8 Å². The van der Waals surface area contributed by atoms with Gasteiger partial charge < -0.3 is 0 Å². The van der Waals surface area contributed by atoms with Crippen LogP contribution in [-0.2, 0) is 0 Å². The van der Waals surface area contributed by atoms with Crippen molar-refractivity contribution in [2.75, 3.05) is 6.26 Å². The highest BCUT2D eigenvalue weighted by molar-refractivity contribution is 7.98. The molecular formula is C22H18S3. The normalized spacial score (nSPS) is 12.2. The molecule has 0 fully saturated rings. The van der Waals surface area contributed by atoms with Gasteiger partial charge in [-0.05, 0) is 71.8 Å². The number of benzene rings is 2. The van der Waals surface area contributed by atoms with Gasteiger partial charge in [0.2, 0.25) is 0 Å². The second kappa shape index (κ2) is 7.20. The van der Waals surface area contributed by atoms with Crippen molar-refractivity contribution >= 4 is 73.5 Å². The number of thioether (sulfide) groups is 1. The van der Waals surface area contributed by atoms with Crippen molar-refractivity contribution in [2.24, 2.45) is 0 Å². The number of hydrogen-bond acceptors (Lipinski definition) is 3. The SMILES string of the molecule is C/C=C\c1sc(/C=C/c2cc3cc4ccccc4cc3s2)cc1SC. The van der Waals surface area contributed by atoms with Gasteiger partial charge in [-0.25, -0.2) is 0 Å². The molecule has 0 aliphatic heterocycles. The van der Waals surface area contributed by atoms with Crippen molar-refractivity contribution in [3.8, 4) is 0 Å². The van der Waals surface area contributed by atoms with E-state index < -0.39 is 0 Å². The molecule has 2 aromatic heterocycles. The number of thiophene rings is 2. The van der Waals surface area contributed by atoms with E-state index in [0.717, 1.165) is 0 Å². The molecule has 0 aliphatic carbocycles. The van der Waals surface area contributed by atoms with Crippen LogP contribution in [0.1, 0.15) is 21.6 Å². The van der Waals surface area contributed by atoms with Crippen LogP contribution < -0.4 is 0 Å². The Morgan fingerprint density at radius 1 is 0.800 bits per heavy atom. The predicted molar refractivity (Wildman–Crippen MR) is 119 cm³/mol. The van der Waals surface area contributed by atoms with Crippen LogP contribution in [0.2, 0.25) is 0 Å². The maximum Gasteiger partial charge on any atom is 0.0409 e. The summed E-state index contributed by atoms with van der Waals surface area (Å²) in [7, 11) is 0. The fraction of sp³-hybridized carbons (Fsp3) is 0.0909. The molecule has 0 nitrogen and oxygen atoms in total. The quantitative estimate of drug-likeness (QED) is 0.324. The summed E-state index contributed by atoms with van der Waals surface area (Å²) in [5.41, 5.74) is 0. The van der Waals surface area contributed by atoms with E-state index in [1.165, 1.54) is 40.4 Å². The molecule has 4 rings (SSSR count). The third kappa shape index (κ3) is 3.45. The highest BCUT2D eigenvalue weighted by Crippen LogP contribution is 2.34. The standard InChI is InChI=1S/C22H18S3/c1-3-6-20-22(23-2)14-19(24-20)10-9-18-12-17-11-15-7-4-5-8-16(15)13-21(17)25-18/h3-14H,1-2H3/b6-3-,10-9+. The van der Waals surface area contributed by atoms with Gasteiger partial charge in [0.05, 0.1) is 0 Å². The van der Waals surface area contributed by atoms with Crippen LogP contribution in [0.3, 0.4) is 0 Å². The number of rotatable bonds is 4. The summed E-state index contributed by atoms with van der Waals surface area (Å²) in [6.45, 7) is 2.07. The molecule has 25 heavy (non-hydrogen) atoms. The molecule has 0 bridgehead atoms. The van der Waals surface area contributed by atoms with Gasteiger partial charge in [0.15, 0.2) is 0 Å². The van der Waals surface area contributed by atoms with Crippen LogP contribution in [0.25, 0.3) is 39.1 Å². The van der Waals surface area contributed by atoms with Crippen LogP contribution in [0.4, 0.5) is 0 Å². The van der Waals surface area contributed by atoms with Crippen LogP contribution in [0.15, 0.2) is 59.5 Å². The summed E-state index contributed by atoms with van der Waals surface area (Å²) in [6.07, 6.45) is 10.9. The Morgan fingerprint density at radius 3 is 2.24 bits per heavy atom. The zero-order valence-electron chi connectivity index (χ0n) is 14.2. The monoisotopic (exact) mass is 378 g/mol. The lowest BCUT2D eigenvalue weighted by molar-refractivity contribution is 1.55. The van der Waals surface area contributed by atoms with Crippen LogP contribution in [0.5, 0.6) is 0 Å². The van der Waals surface area contributed by atoms with Crippen molar-refractivity contribution in [1.82, 2.24) is 0 Å². The molecule has 0 saturated heterocycles. The minimum absolute atomic E-state index is 1.30. The smallest absolute Gasteiger partial charge is 0.0409 e. The highest BCUT2D eigenvalue weighted by Gasteiger charge is 2.05. The lowest BCUT2D eigenvalue weighted by Crippen LogP contribution is -1.70. The molecule has 0 spiro atoms. The topological polar surface area (TPSA) is 0 Å². The maximum atomic E-state index is 2.30. The van der Waals surface area contributed by atoms with Crippen molar-refractivity contribution in [3.63, 3.8) is 0 Å². The molecule has 2 heterocycles. The highest BCUT2D eigenvalue weighted by atomic mass is 32.2. The average molecular weight is 379 g/mol. The van der Waals surface area contributed by atoms with Gasteiger partial charge in [0.1, 0.15) is 0 Å². The first-order valence-corrected chi connectivity index (χ1v) is 11.0. The second-order valence-electron chi connectivity index (χ2n) is 5.80. The van der Waals surface area contributed by atoms with Crippen LogP contribution in [0, 0.1) is 0 Å². The minimum atomic E-state index is 1.30. The molecule has 0 radical (unpaired) electrons. The Balaban J connectivity index is 1.68. The van der Waals surface area contributed by atoms with Gasteiger partial charge in [0, 0.05) is 24.2 Å². The zero-order valence-corrected chi connectivity index (χ0v) is 16.6. The Bertz CT molecular complexity index is 1040. The van der Waals surface area contributed by atoms with E-state index in [4.69, 9.17) is 0 Å². The molecule has 0 amide bonds. The molecule has 0 N–H and O–H groups in total. The molecule has 0 aliphatic rings. The summed E-state index contributed by atoms with van der Waals surface area (Å²) >= 11 is 5.51. The minimum Gasteiger partial charge on any atom is -0.136 e. The summed E-state index contributed by atoms with van der Waals surface area (Å²) in [5, 5.41) is 3.95. The Labute approximate surface area is 160 Å². The molecule has 0 unspecified atom stereocenters.